The summed E-state index contributed by atoms with van der Waals surface area (Å²) in [5.74, 6) is -0.0230. The molecular formula is C17H22N4O4S. The SMILES string of the molecule is CN1C(=O)N(Cc2ccccc2)C(=O)C2C1N=C(SCC(O)CO)N2C. The Morgan fingerprint density at radius 2 is 1.88 bits per heavy atom. The largest absolute Gasteiger partial charge is 0.394 e. The Bertz CT molecular complexity index is 714. The first-order chi connectivity index (χ1) is 12.4. The van der Waals surface area contributed by atoms with Gasteiger partial charge in [0.05, 0.1) is 19.3 Å². The van der Waals surface area contributed by atoms with Crippen molar-refractivity contribution < 1.29 is 19.8 Å². The van der Waals surface area contributed by atoms with Gasteiger partial charge >= 0.3 is 6.03 Å². The van der Waals surface area contributed by atoms with E-state index in [9.17, 15) is 14.7 Å². The van der Waals surface area contributed by atoms with Crippen molar-refractivity contribution in [1.82, 2.24) is 14.7 Å². The molecule has 0 spiro atoms. The maximum Gasteiger partial charge on any atom is 0.328 e. The van der Waals surface area contributed by atoms with Crippen LogP contribution in [0.25, 0.3) is 0 Å². The maximum absolute atomic E-state index is 13.0. The van der Waals surface area contributed by atoms with Gasteiger partial charge in [-0.15, -0.1) is 0 Å². The lowest BCUT2D eigenvalue weighted by Gasteiger charge is -2.40. The minimum absolute atomic E-state index is 0.214. The van der Waals surface area contributed by atoms with E-state index >= 15 is 0 Å². The molecule has 3 rings (SSSR count). The number of thioether (sulfide) groups is 1. The van der Waals surface area contributed by atoms with Crippen molar-refractivity contribution in [3.8, 4) is 0 Å². The Morgan fingerprint density at radius 3 is 2.54 bits per heavy atom. The third kappa shape index (κ3) is 3.42. The second-order valence-corrected chi connectivity index (χ2v) is 7.32. The molecule has 140 valence electrons. The molecule has 2 heterocycles. The molecule has 2 aliphatic rings. The van der Waals surface area contributed by atoms with E-state index in [0.29, 0.717) is 5.17 Å². The van der Waals surface area contributed by atoms with E-state index in [1.54, 1.807) is 19.0 Å². The highest BCUT2D eigenvalue weighted by Gasteiger charge is 2.50. The summed E-state index contributed by atoms with van der Waals surface area (Å²) < 4.78 is 0. The van der Waals surface area contributed by atoms with E-state index in [1.165, 1.54) is 21.6 Å². The minimum Gasteiger partial charge on any atom is -0.394 e. The molecule has 0 aliphatic carbocycles. The standard InChI is InChI=1S/C17H22N4O4S/c1-19-13-14(18-16(19)26-10-12(23)9-22)20(2)17(25)21(15(13)24)8-11-6-4-3-5-7-11/h3-7,12-14,22-23H,8-10H2,1-2H3. The summed E-state index contributed by atoms with van der Waals surface area (Å²) in [6.45, 7) is -0.120. The van der Waals surface area contributed by atoms with Gasteiger partial charge in [-0.05, 0) is 5.56 Å². The average Bonchev–Trinajstić information content (AvgIpc) is 2.99. The second-order valence-electron chi connectivity index (χ2n) is 6.33. The Balaban J connectivity index is 1.78. The molecule has 1 aromatic rings. The van der Waals surface area contributed by atoms with Crippen molar-refractivity contribution in [2.24, 2.45) is 4.99 Å². The van der Waals surface area contributed by atoms with E-state index in [-0.39, 0.29) is 30.8 Å². The van der Waals surface area contributed by atoms with E-state index < -0.39 is 18.3 Å². The van der Waals surface area contributed by atoms with Crippen LogP contribution in [-0.2, 0) is 11.3 Å². The lowest BCUT2D eigenvalue weighted by molar-refractivity contribution is -0.137. The number of rotatable bonds is 5. The van der Waals surface area contributed by atoms with Crippen molar-refractivity contribution in [2.45, 2.75) is 24.9 Å². The number of amides is 3. The number of aliphatic imine (C=N–C) groups is 1. The van der Waals surface area contributed by atoms with Gasteiger partial charge in [-0.25, -0.2) is 9.79 Å². The van der Waals surface area contributed by atoms with Gasteiger partial charge in [0.2, 0.25) is 0 Å². The van der Waals surface area contributed by atoms with Gasteiger partial charge in [0.15, 0.2) is 17.4 Å². The number of fused-ring (bicyclic) bond motifs is 1. The molecule has 3 atom stereocenters. The van der Waals surface area contributed by atoms with Crippen LogP contribution in [0.2, 0.25) is 0 Å². The van der Waals surface area contributed by atoms with Gasteiger partial charge in [-0.2, -0.15) is 0 Å². The number of likely N-dealkylation sites (N-methyl/N-ethyl adjacent to an activating group) is 2. The predicted molar refractivity (Wildman–Crippen MR) is 98.5 cm³/mol. The number of imide groups is 1. The number of nitrogens with zero attached hydrogens (tertiary/aromatic N) is 4. The van der Waals surface area contributed by atoms with Crippen molar-refractivity contribution in [1.29, 1.82) is 0 Å². The van der Waals surface area contributed by atoms with Crippen LogP contribution in [0.15, 0.2) is 35.3 Å². The van der Waals surface area contributed by atoms with Gasteiger partial charge in [-0.3, -0.25) is 9.69 Å². The molecule has 0 aromatic heterocycles. The highest BCUT2D eigenvalue weighted by atomic mass is 32.2. The fourth-order valence-corrected chi connectivity index (χ4v) is 3.96. The van der Waals surface area contributed by atoms with E-state index in [0.717, 1.165) is 5.56 Å². The highest BCUT2D eigenvalue weighted by molar-refractivity contribution is 8.13. The summed E-state index contributed by atoms with van der Waals surface area (Å²) >= 11 is 1.26. The lowest BCUT2D eigenvalue weighted by atomic mass is 10.1. The first-order valence-electron chi connectivity index (χ1n) is 8.28. The number of aliphatic hydroxyl groups is 2. The molecule has 3 amide bonds. The topological polar surface area (TPSA) is 96.7 Å². The predicted octanol–water partition coefficient (Wildman–Crippen LogP) is 0.163. The smallest absolute Gasteiger partial charge is 0.328 e. The minimum atomic E-state index is -0.858. The molecular weight excluding hydrogens is 356 g/mol. The Labute approximate surface area is 156 Å². The molecule has 2 aliphatic heterocycles. The van der Waals surface area contributed by atoms with Crippen LogP contribution in [-0.4, -0.2) is 86.8 Å². The lowest BCUT2D eigenvalue weighted by Crippen LogP contribution is -2.64. The van der Waals surface area contributed by atoms with Gasteiger partial charge in [0.1, 0.15) is 0 Å². The van der Waals surface area contributed by atoms with Crippen LogP contribution in [0.4, 0.5) is 4.79 Å². The van der Waals surface area contributed by atoms with Crippen LogP contribution < -0.4 is 0 Å². The van der Waals surface area contributed by atoms with Crippen LogP contribution in [0.5, 0.6) is 0 Å². The summed E-state index contributed by atoms with van der Waals surface area (Å²) in [6, 6.07) is 8.40. The molecule has 1 fully saturated rings. The molecule has 1 saturated heterocycles. The van der Waals surface area contributed by atoms with Gasteiger partial charge in [0, 0.05) is 19.8 Å². The number of carbonyl (C=O) groups excluding carboxylic acids is 2. The van der Waals surface area contributed by atoms with Crippen molar-refractivity contribution in [3.63, 3.8) is 0 Å². The first kappa shape index (κ1) is 18.7. The summed E-state index contributed by atoms with van der Waals surface area (Å²) in [6.07, 6.45) is -1.44. The zero-order chi connectivity index (χ0) is 18.8. The summed E-state index contributed by atoms with van der Waals surface area (Å²) in [7, 11) is 3.39. The molecule has 3 unspecified atom stereocenters. The molecule has 26 heavy (non-hydrogen) atoms. The number of carbonyl (C=O) groups is 2. The summed E-state index contributed by atoms with van der Waals surface area (Å²) in [4.78, 5) is 34.6. The zero-order valence-electron chi connectivity index (χ0n) is 14.6. The Hall–Kier alpha value is -2.10. The summed E-state index contributed by atoms with van der Waals surface area (Å²) in [5, 5.41) is 19.0. The first-order valence-corrected chi connectivity index (χ1v) is 9.27. The van der Waals surface area contributed by atoms with Crippen molar-refractivity contribution in [3.05, 3.63) is 35.9 Å². The fraction of sp³-hybridized carbons (Fsp3) is 0.471. The molecule has 2 N–H and O–H groups in total. The average molecular weight is 378 g/mol. The molecule has 1 aromatic carbocycles. The summed E-state index contributed by atoms with van der Waals surface area (Å²) in [5.41, 5.74) is 0.878. The molecule has 9 heteroatoms. The van der Waals surface area contributed by atoms with E-state index in [2.05, 4.69) is 4.99 Å². The van der Waals surface area contributed by atoms with E-state index in [1.807, 2.05) is 30.3 Å². The van der Waals surface area contributed by atoms with Gasteiger partial charge in [0.25, 0.3) is 5.91 Å². The van der Waals surface area contributed by atoms with Crippen LogP contribution >= 0.6 is 11.8 Å². The number of hydrogen-bond acceptors (Lipinski definition) is 7. The molecule has 0 radical (unpaired) electrons. The van der Waals surface area contributed by atoms with Crippen LogP contribution in [0, 0.1) is 0 Å². The third-order valence-electron chi connectivity index (χ3n) is 4.49. The van der Waals surface area contributed by atoms with Crippen LogP contribution in [0.3, 0.4) is 0 Å². The third-order valence-corrected chi connectivity index (χ3v) is 5.69. The Kier molecular flexibility index (Phi) is 5.49. The van der Waals surface area contributed by atoms with Crippen molar-refractivity contribution in [2.75, 3.05) is 26.5 Å². The van der Waals surface area contributed by atoms with Gasteiger partial charge in [-0.1, -0.05) is 42.1 Å². The van der Waals surface area contributed by atoms with Gasteiger partial charge < -0.3 is 20.0 Å². The second kappa shape index (κ2) is 7.65. The fourth-order valence-electron chi connectivity index (χ4n) is 3.02. The normalized spacial score (nSPS) is 24.0. The molecule has 8 nitrogen and oxygen atoms in total. The Morgan fingerprint density at radius 1 is 1.19 bits per heavy atom. The number of urea groups is 1. The number of aliphatic hydroxyl groups excluding tert-OH is 2. The number of hydrogen-bond donors (Lipinski definition) is 2. The quantitative estimate of drug-likeness (QED) is 0.758. The molecule has 0 bridgehead atoms. The molecule has 0 saturated carbocycles. The number of amidine groups is 1. The van der Waals surface area contributed by atoms with E-state index in [4.69, 9.17) is 5.11 Å². The highest BCUT2D eigenvalue weighted by Crippen LogP contribution is 2.30. The van der Waals surface area contributed by atoms with Crippen LogP contribution in [0.1, 0.15) is 5.56 Å². The maximum atomic E-state index is 13.0. The zero-order valence-corrected chi connectivity index (χ0v) is 15.5. The monoisotopic (exact) mass is 378 g/mol. The van der Waals surface area contributed by atoms with Crippen molar-refractivity contribution >= 4 is 28.9 Å². The number of benzene rings is 1.